The summed E-state index contributed by atoms with van der Waals surface area (Å²) >= 11 is 6.01. The SMILES string of the molecule is Cc1nc(CNC(=O)c2ccc3nc(Cc4cccc(Cl)c4)oc3c2)n[nH]1. The zero-order valence-electron chi connectivity index (χ0n) is 14.5. The van der Waals surface area contributed by atoms with Crippen LogP contribution in [0.1, 0.15) is 33.5 Å². The number of nitrogens with zero attached hydrogens (tertiary/aromatic N) is 3. The highest BCUT2D eigenvalue weighted by molar-refractivity contribution is 6.30. The molecule has 4 rings (SSSR count). The molecule has 0 spiro atoms. The quantitative estimate of drug-likeness (QED) is 0.552. The molecule has 0 fully saturated rings. The number of aromatic nitrogens is 4. The fourth-order valence-electron chi connectivity index (χ4n) is 2.74. The molecular weight excluding hydrogens is 366 g/mol. The summed E-state index contributed by atoms with van der Waals surface area (Å²) in [4.78, 5) is 21.0. The van der Waals surface area contributed by atoms with Crippen molar-refractivity contribution in [1.29, 1.82) is 0 Å². The number of carbonyl (C=O) groups excluding carboxylic acids is 1. The van der Waals surface area contributed by atoms with Crippen LogP contribution in [0.3, 0.4) is 0 Å². The summed E-state index contributed by atoms with van der Waals surface area (Å²) in [7, 11) is 0. The van der Waals surface area contributed by atoms with Gasteiger partial charge in [0, 0.05) is 17.0 Å². The Bertz CT molecular complexity index is 1120. The summed E-state index contributed by atoms with van der Waals surface area (Å²) < 4.78 is 5.80. The number of oxazole rings is 1. The first-order valence-corrected chi connectivity index (χ1v) is 8.74. The Morgan fingerprint density at radius 3 is 2.89 bits per heavy atom. The van der Waals surface area contributed by atoms with E-state index in [4.69, 9.17) is 16.0 Å². The average Bonchev–Trinajstić information content (AvgIpc) is 3.24. The number of amides is 1. The first-order valence-electron chi connectivity index (χ1n) is 8.37. The van der Waals surface area contributed by atoms with Crippen molar-refractivity contribution in [2.75, 3.05) is 0 Å². The molecule has 2 aromatic heterocycles. The Hall–Kier alpha value is -3.19. The van der Waals surface area contributed by atoms with Gasteiger partial charge in [0.05, 0.1) is 6.54 Å². The van der Waals surface area contributed by atoms with E-state index < -0.39 is 0 Å². The van der Waals surface area contributed by atoms with Gasteiger partial charge in [-0.05, 0) is 42.8 Å². The highest BCUT2D eigenvalue weighted by Crippen LogP contribution is 2.20. The molecular formula is C19H16ClN5O2. The number of aryl methyl sites for hydroxylation is 1. The Balaban J connectivity index is 1.49. The smallest absolute Gasteiger partial charge is 0.251 e. The van der Waals surface area contributed by atoms with Crippen LogP contribution in [0, 0.1) is 6.92 Å². The molecule has 8 heteroatoms. The molecule has 2 heterocycles. The summed E-state index contributed by atoms with van der Waals surface area (Å²) in [6, 6.07) is 12.7. The van der Waals surface area contributed by atoms with E-state index in [2.05, 4.69) is 25.5 Å². The fraction of sp³-hybridized carbons (Fsp3) is 0.158. The molecule has 0 aliphatic heterocycles. The number of aromatic amines is 1. The minimum atomic E-state index is -0.229. The van der Waals surface area contributed by atoms with Crippen LogP contribution in [0.5, 0.6) is 0 Å². The van der Waals surface area contributed by atoms with Gasteiger partial charge in [0.1, 0.15) is 11.3 Å². The Kier molecular flexibility index (Phi) is 4.60. The normalized spacial score (nSPS) is 11.0. The van der Waals surface area contributed by atoms with Gasteiger partial charge in [0.25, 0.3) is 5.91 Å². The van der Waals surface area contributed by atoms with Gasteiger partial charge in [-0.25, -0.2) is 9.97 Å². The highest BCUT2D eigenvalue weighted by atomic mass is 35.5. The van der Waals surface area contributed by atoms with Crippen LogP contribution in [0.15, 0.2) is 46.9 Å². The number of halogens is 1. The van der Waals surface area contributed by atoms with Crippen molar-refractivity contribution in [3.8, 4) is 0 Å². The maximum Gasteiger partial charge on any atom is 0.251 e. The van der Waals surface area contributed by atoms with Gasteiger partial charge in [-0.1, -0.05) is 23.7 Å². The number of carbonyl (C=O) groups is 1. The van der Waals surface area contributed by atoms with Gasteiger partial charge < -0.3 is 9.73 Å². The third-order valence-electron chi connectivity index (χ3n) is 3.99. The van der Waals surface area contributed by atoms with Gasteiger partial charge in [-0.3, -0.25) is 9.89 Å². The minimum Gasteiger partial charge on any atom is -0.440 e. The van der Waals surface area contributed by atoms with Crippen LogP contribution in [-0.4, -0.2) is 26.1 Å². The molecule has 1 amide bonds. The van der Waals surface area contributed by atoms with Crippen LogP contribution in [0.4, 0.5) is 0 Å². The molecule has 2 N–H and O–H groups in total. The van der Waals surface area contributed by atoms with E-state index in [1.807, 2.05) is 24.3 Å². The Morgan fingerprint density at radius 2 is 2.11 bits per heavy atom. The van der Waals surface area contributed by atoms with Crippen molar-refractivity contribution in [2.45, 2.75) is 19.9 Å². The predicted octanol–water partition coefficient (Wildman–Crippen LogP) is 3.43. The van der Waals surface area contributed by atoms with Crippen LogP contribution in [-0.2, 0) is 13.0 Å². The first-order chi connectivity index (χ1) is 13.1. The second-order valence-electron chi connectivity index (χ2n) is 6.12. The molecule has 136 valence electrons. The van der Waals surface area contributed by atoms with E-state index in [1.165, 1.54) is 0 Å². The lowest BCUT2D eigenvalue weighted by Crippen LogP contribution is -2.23. The van der Waals surface area contributed by atoms with Crippen molar-refractivity contribution >= 4 is 28.6 Å². The van der Waals surface area contributed by atoms with Gasteiger partial charge in [-0.2, -0.15) is 5.10 Å². The molecule has 0 atom stereocenters. The minimum absolute atomic E-state index is 0.229. The topological polar surface area (TPSA) is 96.7 Å². The summed E-state index contributed by atoms with van der Waals surface area (Å²) in [5.41, 5.74) is 2.76. The second kappa shape index (κ2) is 7.20. The van der Waals surface area contributed by atoms with Crippen LogP contribution >= 0.6 is 11.6 Å². The second-order valence-corrected chi connectivity index (χ2v) is 6.55. The monoisotopic (exact) mass is 381 g/mol. The number of hydrogen-bond donors (Lipinski definition) is 2. The largest absolute Gasteiger partial charge is 0.440 e. The molecule has 0 unspecified atom stereocenters. The maximum absolute atomic E-state index is 12.4. The van der Waals surface area contributed by atoms with Crippen LogP contribution < -0.4 is 5.32 Å². The number of nitrogens with one attached hydrogen (secondary N) is 2. The molecule has 27 heavy (non-hydrogen) atoms. The number of H-pyrrole nitrogens is 1. The summed E-state index contributed by atoms with van der Waals surface area (Å²) in [5.74, 6) is 1.58. The van der Waals surface area contributed by atoms with Gasteiger partial charge in [0.15, 0.2) is 17.3 Å². The van der Waals surface area contributed by atoms with E-state index in [1.54, 1.807) is 25.1 Å². The van der Waals surface area contributed by atoms with Crippen molar-refractivity contribution in [1.82, 2.24) is 25.5 Å². The molecule has 0 saturated carbocycles. The lowest BCUT2D eigenvalue weighted by atomic mass is 10.1. The maximum atomic E-state index is 12.4. The van der Waals surface area contributed by atoms with E-state index in [-0.39, 0.29) is 12.5 Å². The zero-order valence-corrected chi connectivity index (χ0v) is 15.2. The summed E-state index contributed by atoms with van der Waals surface area (Å²) in [6.07, 6.45) is 0.529. The third-order valence-corrected chi connectivity index (χ3v) is 4.22. The molecule has 0 bridgehead atoms. The number of benzene rings is 2. The number of fused-ring (bicyclic) bond motifs is 1. The molecule has 0 saturated heterocycles. The summed E-state index contributed by atoms with van der Waals surface area (Å²) in [5, 5.41) is 10.2. The lowest BCUT2D eigenvalue weighted by molar-refractivity contribution is 0.0950. The summed E-state index contributed by atoms with van der Waals surface area (Å²) in [6.45, 7) is 2.05. The molecule has 0 aliphatic rings. The van der Waals surface area contributed by atoms with E-state index >= 15 is 0 Å². The average molecular weight is 382 g/mol. The molecule has 7 nitrogen and oxygen atoms in total. The van der Waals surface area contributed by atoms with E-state index in [9.17, 15) is 4.79 Å². The van der Waals surface area contributed by atoms with Crippen LogP contribution in [0.25, 0.3) is 11.1 Å². The highest BCUT2D eigenvalue weighted by Gasteiger charge is 2.12. The standard InChI is InChI=1S/C19H16ClN5O2/c1-11-22-17(25-24-11)10-21-19(26)13-5-6-15-16(9-13)27-18(23-15)8-12-3-2-4-14(20)7-12/h2-7,9H,8,10H2,1H3,(H,21,26)(H,22,24,25). The van der Waals surface area contributed by atoms with Crippen molar-refractivity contribution in [2.24, 2.45) is 0 Å². The Morgan fingerprint density at radius 1 is 1.22 bits per heavy atom. The molecule has 0 aliphatic carbocycles. The van der Waals surface area contributed by atoms with Crippen molar-refractivity contribution < 1.29 is 9.21 Å². The van der Waals surface area contributed by atoms with Gasteiger partial charge in [0.2, 0.25) is 0 Å². The molecule has 2 aromatic carbocycles. The number of hydrogen-bond acceptors (Lipinski definition) is 5. The third kappa shape index (κ3) is 3.98. The van der Waals surface area contributed by atoms with Crippen molar-refractivity contribution in [3.05, 3.63) is 76.2 Å². The molecule has 4 aromatic rings. The van der Waals surface area contributed by atoms with Gasteiger partial charge >= 0.3 is 0 Å². The van der Waals surface area contributed by atoms with Crippen LogP contribution in [0.2, 0.25) is 5.02 Å². The molecule has 0 radical (unpaired) electrons. The predicted molar refractivity (Wildman–Crippen MR) is 101 cm³/mol. The van der Waals surface area contributed by atoms with Gasteiger partial charge in [-0.15, -0.1) is 0 Å². The zero-order chi connectivity index (χ0) is 18.8. The number of rotatable bonds is 5. The fourth-order valence-corrected chi connectivity index (χ4v) is 2.95. The lowest BCUT2D eigenvalue weighted by Gasteiger charge is -2.02. The van der Waals surface area contributed by atoms with E-state index in [0.29, 0.717) is 45.6 Å². The Labute approximate surface area is 159 Å². The van der Waals surface area contributed by atoms with E-state index in [0.717, 1.165) is 5.56 Å². The first kappa shape index (κ1) is 17.2. The van der Waals surface area contributed by atoms with Crippen molar-refractivity contribution in [3.63, 3.8) is 0 Å².